The van der Waals surface area contributed by atoms with E-state index in [1.54, 1.807) is 0 Å². The highest BCUT2D eigenvalue weighted by atomic mass is 79.9. The number of rotatable bonds is 3. The smallest absolute Gasteiger partial charge is 0.227 e. The Labute approximate surface area is 305 Å². The first-order valence-corrected chi connectivity index (χ1v) is 16.3. The van der Waals surface area contributed by atoms with Crippen LogP contribution in [0.2, 0.25) is 26.4 Å². The summed E-state index contributed by atoms with van der Waals surface area (Å²) in [6.45, 7) is 0. The van der Waals surface area contributed by atoms with Gasteiger partial charge in [-0.25, -0.2) is 9.97 Å². The van der Waals surface area contributed by atoms with Gasteiger partial charge in [0.15, 0.2) is 17.0 Å². The van der Waals surface area contributed by atoms with E-state index in [4.69, 9.17) is 66.8 Å². The fourth-order valence-electron chi connectivity index (χ4n) is 4.13. The van der Waals surface area contributed by atoms with Crippen LogP contribution in [0.25, 0.3) is 56.5 Å². The van der Waals surface area contributed by atoms with Crippen molar-refractivity contribution in [2.24, 2.45) is 0 Å². The lowest BCUT2D eigenvalue weighted by Crippen LogP contribution is -1.93. The molecule has 0 aliphatic carbocycles. The molecule has 8 rings (SSSR count). The van der Waals surface area contributed by atoms with Crippen molar-refractivity contribution < 1.29 is 8.83 Å². The monoisotopic (exact) mass is 798 g/mol. The van der Waals surface area contributed by atoms with Crippen molar-refractivity contribution in [2.45, 2.75) is 0 Å². The quantitative estimate of drug-likeness (QED) is 0.170. The van der Waals surface area contributed by atoms with E-state index in [2.05, 4.69) is 55.8 Å². The van der Waals surface area contributed by atoms with Gasteiger partial charge in [-0.1, -0.05) is 52.3 Å². The number of halogens is 6. The maximum Gasteiger partial charge on any atom is 0.227 e. The highest BCUT2D eigenvalue weighted by Crippen LogP contribution is 2.28. The summed E-state index contributed by atoms with van der Waals surface area (Å²) in [5.74, 6) is 1.61. The van der Waals surface area contributed by atoms with Gasteiger partial charge in [-0.05, 0) is 119 Å². The van der Waals surface area contributed by atoms with Crippen molar-refractivity contribution in [2.75, 3.05) is 0 Å². The van der Waals surface area contributed by atoms with Crippen molar-refractivity contribution in [3.8, 4) is 34.3 Å². The zero-order chi connectivity index (χ0) is 33.6. The summed E-state index contributed by atoms with van der Waals surface area (Å²) in [4.78, 5) is 31.2. The molecular formula is C32H16BrCl5N8O2. The third-order valence-corrected chi connectivity index (χ3v) is 7.51. The van der Waals surface area contributed by atoms with Crippen LogP contribution in [0.4, 0.5) is 0 Å². The van der Waals surface area contributed by atoms with Crippen molar-refractivity contribution in [1.29, 1.82) is 0 Å². The van der Waals surface area contributed by atoms with Gasteiger partial charge < -0.3 is 8.83 Å². The van der Waals surface area contributed by atoms with Gasteiger partial charge in [0.2, 0.25) is 38.2 Å². The number of hydrogen-bond donors (Lipinski definition) is 0. The van der Waals surface area contributed by atoms with Crippen LogP contribution in [0.5, 0.6) is 0 Å². The summed E-state index contributed by atoms with van der Waals surface area (Å²) in [6.07, 6.45) is 0. The lowest BCUT2D eigenvalue weighted by Gasteiger charge is -2.00. The van der Waals surface area contributed by atoms with Gasteiger partial charge in [0.1, 0.15) is 11.0 Å². The molecule has 10 nitrogen and oxygen atoms in total. The van der Waals surface area contributed by atoms with Crippen LogP contribution in [0.15, 0.2) is 110 Å². The van der Waals surface area contributed by atoms with E-state index in [-0.39, 0.29) is 26.4 Å². The van der Waals surface area contributed by atoms with E-state index in [0.717, 1.165) is 32.3 Å². The minimum atomic E-state index is 0.000000000000000444. The number of aromatic nitrogens is 8. The molecule has 0 fully saturated rings. The lowest BCUT2D eigenvalue weighted by atomic mass is 10.2. The molecule has 4 aromatic heterocycles. The second kappa shape index (κ2) is 15.3. The molecule has 4 aromatic carbocycles. The summed E-state index contributed by atoms with van der Waals surface area (Å²) in [5.41, 5.74) is 5.70. The van der Waals surface area contributed by atoms with Crippen molar-refractivity contribution in [3.05, 3.63) is 128 Å². The van der Waals surface area contributed by atoms with Gasteiger partial charge in [-0.3, -0.25) is 0 Å². The standard InChI is InChI=1S/C16H8Cl2N4O.C13H8BrNO.C3Cl3N3/c17-15-20-13(21-16(18)22-15)10-6-7-12-11(8-10)19-14(23-12)9-4-2-1-3-5-9;14-10-6-7-12-11(8-10)15-13(16-12)9-4-2-1-3-5-9;4-1-7-2(5)9-3(6)8-1/h1-8H;1-8H;. The maximum absolute atomic E-state index is 5.82. The molecule has 0 saturated heterocycles. The van der Waals surface area contributed by atoms with Gasteiger partial charge >= 0.3 is 0 Å². The Morgan fingerprint density at radius 2 is 0.833 bits per heavy atom. The third kappa shape index (κ3) is 8.62. The first-order valence-electron chi connectivity index (χ1n) is 13.6. The average molecular weight is 802 g/mol. The fourth-order valence-corrected chi connectivity index (χ4v) is 5.46. The first-order chi connectivity index (χ1) is 23.2. The number of hydrogen-bond acceptors (Lipinski definition) is 10. The fraction of sp³-hybridized carbons (Fsp3) is 0. The first kappa shape index (κ1) is 33.7. The van der Waals surface area contributed by atoms with Crippen molar-refractivity contribution >= 4 is 96.1 Å². The number of nitrogens with zero attached hydrogens (tertiary/aromatic N) is 8. The highest BCUT2D eigenvalue weighted by Gasteiger charge is 2.12. The largest absolute Gasteiger partial charge is 0.436 e. The maximum atomic E-state index is 5.82. The molecule has 0 N–H and O–H groups in total. The molecule has 0 saturated carbocycles. The molecule has 48 heavy (non-hydrogen) atoms. The summed E-state index contributed by atoms with van der Waals surface area (Å²) in [6, 6.07) is 30.9. The SMILES string of the molecule is Brc1ccc2oc(-c3ccccc3)nc2c1.Clc1nc(Cl)nc(-c2ccc3oc(-c4ccccc4)nc3c2)n1.Clc1nc(Cl)nc(Cl)n1. The molecule has 8 aromatic rings. The average Bonchev–Trinajstić information content (AvgIpc) is 3.69. The molecule has 16 heteroatoms. The minimum absolute atomic E-state index is 0.000000000000000444. The van der Waals surface area contributed by atoms with Crippen LogP contribution in [-0.2, 0) is 0 Å². The Morgan fingerprint density at radius 1 is 0.417 bits per heavy atom. The topological polar surface area (TPSA) is 129 Å². The lowest BCUT2D eigenvalue weighted by molar-refractivity contribution is 0.619. The molecule has 0 spiro atoms. The molecule has 0 unspecified atom stereocenters. The zero-order valence-electron chi connectivity index (χ0n) is 23.9. The van der Waals surface area contributed by atoms with Crippen LogP contribution in [0.1, 0.15) is 0 Å². The molecular weight excluding hydrogens is 786 g/mol. The second-order valence-electron chi connectivity index (χ2n) is 9.40. The Bertz CT molecular complexity index is 2270. The predicted octanol–water partition coefficient (Wildman–Crippen LogP) is 10.7. The number of oxazole rings is 2. The van der Waals surface area contributed by atoms with E-state index in [1.807, 2.05) is 97.1 Å². The van der Waals surface area contributed by atoms with E-state index in [1.165, 1.54) is 0 Å². The molecule has 0 radical (unpaired) electrons. The van der Waals surface area contributed by atoms with E-state index >= 15 is 0 Å². The molecule has 0 amide bonds. The third-order valence-electron chi connectivity index (χ3n) is 6.17. The Kier molecular flexibility index (Phi) is 10.8. The van der Waals surface area contributed by atoms with Crippen LogP contribution in [0.3, 0.4) is 0 Å². The predicted molar refractivity (Wildman–Crippen MR) is 190 cm³/mol. The van der Waals surface area contributed by atoms with Crippen LogP contribution in [-0.4, -0.2) is 39.9 Å². The van der Waals surface area contributed by atoms with E-state index in [0.29, 0.717) is 28.7 Å². The number of benzene rings is 4. The van der Waals surface area contributed by atoms with Crippen LogP contribution in [0, 0.1) is 0 Å². The highest BCUT2D eigenvalue weighted by molar-refractivity contribution is 9.10. The van der Waals surface area contributed by atoms with E-state index in [9.17, 15) is 0 Å². The van der Waals surface area contributed by atoms with Crippen molar-refractivity contribution in [1.82, 2.24) is 39.9 Å². The summed E-state index contributed by atoms with van der Waals surface area (Å²) in [7, 11) is 0. The van der Waals surface area contributed by atoms with Crippen LogP contribution < -0.4 is 0 Å². The Balaban J connectivity index is 0.000000139. The molecule has 238 valence electrons. The summed E-state index contributed by atoms with van der Waals surface area (Å²) < 4.78 is 12.5. The van der Waals surface area contributed by atoms with Crippen LogP contribution >= 0.6 is 73.9 Å². The second-order valence-corrected chi connectivity index (χ2v) is 12.0. The van der Waals surface area contributed by atoms with E-state index < -0.39 is 0 Å². The molecule has 0 aliphatic rings. The summed E-state index contributed by atoms with van der Waals surface area (Å²) in [5, 5.41) is 0.0930. The minimum Gasteiger partial charge on any atom is -0.436 e. The number of fused-ring (bicyclic) bond motifs is 2. The van der Waals surface area contributed by atoms with Crippen molar-refractivity contribution in [3.63, 3.8) is 0 Å². The Hall–Kier alpha value is -4.23. The summed E-state index contributed by atoms with van der Waals surface area (Å²) >= 11 is 31.0. The molecule has 4 heterocycles. The van der Waals surface area contributed by atoms with Gasteiger partial charge in [0.05, 0.1) is 0 Å². The normalized spacial score (nSPS) is 10.7. The van der Waals surface area contributed by atoms with Gasteiger partial charge in [0.25, 0.3) is 0 Å². The zero-order valence-corrected chi connectivity index (χ0v) is 29.3. The molecule has 0 bridgehead atoms. The van der Waals surface area contributed by atoms with Gasteiger partial charge in [0, 0.05) is 21.2 Å². The van der Waals surface area contributed by atoms with Gasteiger partial charge in [-0.15, -0.1) is 0 Å². The van der Waals surface area contributed by atoms with Gasteiger partial charge in [-0.2, -0.15) is 29.9 Å². The molecule has 0 aliphatic heterocycles. The molecule has 0 atom stereocenters. The Morgan fingerprint density at radius 3 is 1.31 bits per heavy atom.